The maximum Gasteiger partial charge on any atom is 0.350 e. The van der Waals surface area contributed by atoms with Gasteiger partial charge in [-0.05, 0) is 55.7 Å². The lowest BCUT2D eigenvalue weighted by Crippen LogP contribution is -2.41. The van der Waals surface area contributed by atoms with Crippen LogP contribution in [-0.4, -0.2) is 31.8 Å². The van der Waals surface area contributed by atoms with Crippen LogP contribution in [0.25, 0.3) is 5.69 Å². The summed E-state index contributed by atoms with van der Waals surface area (Å²) in [5.74, 6) is -2.25. The van der Waals surface area contributed by atoms with Gasteiger partial charge in [-0.2, -0.15) is 9.07 Å². The van der Waals surface area contributed by atoms with Gasteiger partial charge in [0.2, 0.25) is 5.95 Å². The molecule has 1 atom stereocenters. The van der Waals surface area contributed by atoms with Crippen LogP contribution in [0.15, 0.2) is 71.7 Å². The van der Waals surface area contributed by atoms with Crippen molar-refractivity contribution in [2.75, 3.05) is 11.4 Å². The van der Waals surface area contributed by atoms with Gasteiger partial charge in [0, 0.05) is 30.8 Å². The molecule has 1 unspecified atom stereocenters. The van der Waals surface area contributed by atoms with Crippen LogP contribution >= 0.6 is 0 Å². The van der Waals surface area contributed by atoms with Gasteiger partial charge in [-0.3, -0.25) is 9.36 Å². The molecule has 0 N–H and O–H groups in total. The number of hydrogen-bond donors (Lipinski definition) is 0. The SMILES string of the molecule is C=C(C)C1CN(c2c(C)ccnc2F)C(=O)c2cc(F)c(-n3nc(COCc4ccccc4)n(CC)c3=O)cc21. The van der Waals surface area contributed by atoms with E-state index in [0.717, 1.165) is 16.3 Å². The van der Waals surface area contributed by atoms with Crippen LogP contribution < -0.4 is 10.6 Å². The van der Waals surface area contributed by atoms with Crippen molar-refractivity contribution in [1.29, 1.82) is 0 Å². The zero-order valence-corrected chi connectivity index (χ0v) is 22.5. The molecule has 0 radical (unpaired) electrons. The monoisotopic (exact) mass is 545 g/mol. The number of benzene rings is 2. The van der Waals surface area contributed by atoms with E-state index in [4.69, 9.17) is 4.74 Å². The zero-order chi connectivity index (χ0) is 28.6. The van der Waals surface area contributed by atoms with Crippen LogP contribution in [0.2, 0.25) is 0 Å². The van der Waals surface area contributed by atoms with E-state index in [2.05, 4.69) is 16.7 Å². The van der Waals surface area contributed by atoms with Gasteiger partial charge < -0.3 is 9.64 Å². The van der Waals surface area contributed by atoms with Gasteiger partial charge >= 0.3 is 5.69 Å². The Kier molecular flexibility index (Phi) is 7.44. The molecule has 40 heavy (non-hydrogen) atoms. The second-order valence-electron chi connectivity index (χ2n) is 9.81. The topological polar surface area (TPSA) is 82.2 Å². The molecule has 8 nitrogen and oxygen atoms in total. The van der Waals surface area contributed by atoms with Crippen molar-refractivity contribution in [3.8, 4) is 5.69 Å². The molecule has 0 saturated heterocycles. The predicted molar refractivity (Wildman–Crippen MR) is 147 cm³/mol. The first-order chi connectivity index (χ1) is 19.2. The number of halogens is 2. The number of hydrogen-bond acceptors (Lipinski definition) is 5. The minimum Gasteiger partial charge on any atom is -0.369 e. The third-order valence-electron chi connectivity index (χ3n) is 7.11. The summed E-state index contributed by atoms with van der Waals surface area (Å²) in [6, 6.07) is 13.7. The predicted octanol–water partition coefficient (Wildman–Crippen LogP) is 5.07. The van der Waals surface area contributed by atoms with Crippen molar-refractivity contribution < 1.29 is 18.3 Å². The van der Waals surface area contributed by atoms with Gasteiger partial charge in [0.15, 0.2) is 5.82 Å². The van der Waals surface area contributed by atoms with Crippen LogP contribution in [0.1, 0.15) is 52.6 Å². The van der Waals surface area contributed by atoms with E-state index in [9.17, 15) is 14.0 Å². The van der Waals surface area contributed by atoms with Crippen molar-refractivity contribution in [3.05, 3.63) is 117 Å². The largest absolute Gasteiger partial charge is 0.369 e. The summed E-state index contributed by atoms with van der Waals surface area (Å²) in [5, 5.41) is 4.39. The smallest absolute Gasteiger partial charge is 0.350 e. The standard InChI is InChI=1S/C30H29F2N5O3/c1-5-35-26(17-40-16-20-9-7-6-8-10-20)34-37(30(35)39)25-14-21-22(13-24(25)31)29(38)36(15-23(21)18(2)3)27-19(4)11-12-33-28(27)32/h6-14,23H,2,5,15-17H2,1,3-4H3. The summed E-state index contributed by atoms with van der Waals surface area (Å²) < 4.78 is 38.5. The second-order valence-corrected chi connectivity index (χ2v) is 9.81. The Labute approximate surface area is 230 Å². The molecule has 5 rings (SSSR count). The van der Waals surface area contributed by atoms with Gasteiger partial charge in [-0.1, -0.05) is 42.5 Å². The molecule has 0 bridgehead atoms. The third kappa shape index (κ3) is 4.86. The number of aromatic nitrogens is 4. The van der Waals surface area contributed by atoms with E-state index in [0.29, 0.717) is 35.7 Å². The second kappa shape index (κ2) is 11.0. The fraction of sp³-hybridized carbons (Fsp3) is 0.267. The first kappa shape index (κ1) is 27.1. The molecule has 1 aliphatic heterocycles. The Bertz CT molecular complexity index is 1640. The summed E-state index contributed by atoms with van der Waals surface area (Å²) in [7, 11) is 0. The van der Waals surface area contributed by atoms with Crippen molar-refractivity contribution in [1.82, 2.24) is 19.3 Å². The van der Waals surface area contributed by atoms with Gasteiger partial charge in [0.1, 0.15) is 23.8 Å². The van der Waals surface area contributed by atoms with Crippen LogP contribution in [0.3, 0.4) is 0 Å². The van der Waals surface area contributed by atoms with Crippen molar-refractivity contribution in [3.63, 3.8) is 0 Å². The number of nitrogens with zero attached hydrogens (tertiary/aromatic N) is 5. The van der Waals surface area contributed by atoms with Crippen LogP contribution in [0.4, 0.5) is 14.5 Å². The minimum atomic E-state index is -0.808. The van der Waals surface area contributed by atoms with E-state index >= 15 is 4.39 Å². The van der Waals surface area contributed by atoms with Gasteiger partial charge in [-0.15, -0.1) is 5.10 Å². The highest BCUT2D eigenvalue weighted by molar-refractivity contribution is 6.09. The average Bonchev–Trinajstić information content (AvgIpc) is 3.24. The molecule has 3 heterocycles. The summed E-state index contributed by atoms with van der Waals surface area (Å²) in [4.78, 5) is 31.8. The Morgan fingerprint density at radius 3 is 2.55 bits per heavy atom. The highest BCUT2D eigenvalue weighted by atomic mass is 19.1. The maximum atomic E-state index is 15.6. The first-order valence-electron chi connectivity index (χ1n) is 12.9. The van der Waals surface area contributed by atoms with Gasteiger partial charge in [0.05, 0.1) is 6.61 Å². The van der Waals surface area contributed by atoms with Crippen molar-refractivity contribution in [2.45, 2.75) is 46.4 Å². The van der Waals surface area contributed by atoms with Crippen molar-refractivity contribution >= 4 is 11.6 Å². The number of rotatable bonds is 8. The van der Waals surface area contributed by atoms with E-state index in [1.165, 1.54) is 21.7 Å². The molecule has 0 saturated carbocycles. The number of carbonyl (C=O) groups is 1. The van der Waals surface area contributed by atoms with Crippen molar-refractivity contribution in [2.24, 2.45) is 0 Å². The fourth-order valence-electron chi connectivity index (χ4n) is 5.03. The lowest BCUT2D eigenvalue weighted by Gasteiger charge is -2.35. The summed E-state index contributed by atoms with van der Waals surface area (Å²) >= 11 is 0. The number of anilines is 1. The van der Waals surface area contributed by atoms with E-state index < -0.39 is 29.3 Å². The first-order valence-corrected chi connectivity index (χ1v) is 12.9. The molecular weight excluding hydrogens is 516 g/mol. The van der Waals surface area contributed by atoms with E-state index in [-0.39, 0.29) is 30.1 Å². The number of amides is 1. The fourth-order valence-corrected chi connectivity index (χ4v) is 5.03. The van der Waals surface area contributed by atoms with Crippen LogP contribution in [0.5, 0.6) is 0 Å². The maximum absolute atomic E-state index is 15.6. The lowest BCUT2D eigenvalue weighted by molar-refractivity contribution is 0.0976. The molecule has 206 valence electrons. The molecule has 4 aromatic rings. The highest BCUT2D eigenvalue weighted by Crippen LogP contribution is 2.38. The number of carbonyl (C=O) groups excluding carboxylic acids is 1. The summed E-state index contributed by atoms with van der Waals surface area (Å²) in [6.45, 7) is 10.1. The zero-order valence-electron chi connectivity index (χ0n) is 22.5. The molecule has 0 spiro atoms. The van der Waals surface area contributed by atoms with Gasteiger partial charge in [0.25, 0.3) is 5.91 Å². The molecule has 2 aromatic carbocycles. The van der Waals surface area contributed by atoms with Crippen LogP contribution in [0, 0.1) is 18.7 Å². The molecule has 0 aliphatic carbocycles. The number of aryl methyl sites for hydroxylation is 1. The number of ether oxygens (including phenoxy) is 1. The lowest BCUT2D eigenvalue weighted by atomic mass is 9.84. The molecule has 10 heteroatoms. The average molecular weight is 546 g/mol. The Hall–Kier alpha value is -4.44. The van der Waals surface area contributed by atoms with E-state index in [1.807, 2.05) is 30.3 Å². The molecule has 0 fully saturated rings. The van der Waals surface area contributed by atoms with Gasteiger partial charge in [-0.25, -0.2) is 14.2 Å². The van der Waals surface area contributed by atoms with Crippen LogP contribution in [-0.2, 0) is 24.5 Å². The summed E-state index contributed by atoms with van der Waals surface area (Å²) in [5.41, 5.74) is 2.19. The Morgan fingerprint density at radius 1 is 1.12 bits per heavy atom. The normalized spacial score (nSPS) is 14.9. The van der Waals surface area contributed by atoms with E-state index in [1.54, 1.807) is 26.8 Å². The molecular formula is C30H29F2N5O3. The number of fused-ring (bicyclic) bond motifs is 1. The third-order valence-corrected chi connectivity index (χ3v) is 7.11. The summed E-state index contributed by atoms with van der Waals surface area (Å²) in [6.07, 6.45) is 1.33. The Balaban J connectivity index is 1.53. The number of pyridine rings is 1. The molecule has 1 amide bonds. The molecule has 1 aliphatic rings. The molecule has 2 aromatic heterocycles. The minimum absolute atomic E-state index is 0.0481. The Morgan fingerprint density at radius 2 is 1.88 bits per heavy atom. The highest BCUT2D eigenvalue weighted by Gasteiger charge is 2.36. The quantitative estimate of drug-likeness (QED) is 0.228.